The predicted octanol–water partition coefficient (Wildman–Crippen LogP) is 8.26. The average Bonchev–Trinajstić information content (AvgIpc) is 2.71. The molecule has 0 aromatic heterocycles. The van der Waals surface area contributed by atoms with Crippen LogP contribution in [0.4, 0.5) is 74.6 Å². The van der Waals surface area contributed by atoms with Crippen molar-refractivity contribution in [3.63, 3.8) is 0 Å². The number of halogens is 17. The van der Waals surface area contributed by atoms with Crippen LogP contribution in [-0.2, 0) is 10.3 Å². The first-order valence-corrected chi connectivity index (χ1v) is 9.36. The molecule has 0 saturated heterocycles. The molecule has 0 aliphatic carbocycles. The first-order valence-electron chi connectivity index (χ1n) is 9.36. The highest BCUT2D eigenvalue weighted by Crippen LogP contribution is 2.64. The number of benzene rings is 1. The molecule has 0 radical (unpaired) electrons. The van der Waals surface area contributed by atoms with Crippen molar-refractivity contribution in [2.45, 2.75) is 73.5 Å². The minimum absolute atomic E-state index is 0.0244. The van der Waals surface area contributed by atoms with Crippen LogP contribution in [0.5, 0.6) is 0 Å². The van der Waals surface area contributed by atoms with Crippen LogP contribution < -0.4 is 0 Å². The summed E-state index contributed by atoms with van der Waals surface area (Å²) in [6.45, 7) is 1.71. The molecule has 1 atom stereocenters. The second-order valence-electron chi connectivity index (χ2n) is 8.08. The lowest BCUT2D eigenvalue weighted by atomic mass is 9.82. The molecular formula is C19H15F17O. The van der Waals surface area contributed by atoms with E-state index >= 15 is 0 Å². The molecule has 1 unspecified atom stereocenters. The van der Waals surface area contributed by atoms with E-state index in [0.29, 0.717) is 14.0 Å². The Morgan fingerprint density at radius 2 is 0.919 bits per heavy atom. The maximum atomic E-state index is 14.4. The van der Waals surface area contributed by atoms with Gasteiger partial charge in [0.25, 0.3) is 0 Å². The molecule has 0 saturated carbocycles. The van der Waals surface area contributed by atoms with E-state index in [2.05, 4.69) is 4.74 Å². The standard InChI is InChI=1S/C19H15F17O/c1-9-6-4-5-7-10(9)11(2,37-3)8-12(20,21)13(22,23)14(24,25)15(26,27)16(28,29)17(30,31)18(32,33)19(34,35)36/h4-7H,8H2,1-3H3. The zero-order valence-corrected chi connectivity index (χ0v) is 18.4. The Morgan fingerprint density at radius 3 is 1.27 bits per heavy atom. The summed E-state index contributed by atoms with van der Waals surface area (Å²) in [4.78, 5) is 0. The van der Waals surface area contributed by atoms with Crippen molar-refractivity contribution in [1.82, 2.24) is 0 Å². The zero-order chi connectivity index (χ0) is 29.9. The van der Waals surface area contributed by atoms with Crippen LogP contribution >= 0.6 is 0 Å². The van der Waals surface area contributed by atoms with Gasteiger partial charge >= 0.3 is 47.6 Å². The molecule has 1 aromatic rings. The number of hydrogen-bond donors (Lipinski definition) is 0. The highest BCUT2D eigenvalue weighted by atomic mass is 19.4. The van der Waals surface area contributed by atoms with E-state index in [1.807, 2.05) is 0 Å². The Bertz CT molecular complexity index is 966. The van der Waals surface area contributed by atoms with Gasteiger partial charge < -0.3 is 4.74 Å². The van der Waals surface area contributed by atoms with Crippen molar-refractivity contribution in [1.29, 1.82) is 0 Å². The molecule has 18 heteroatoms. The molecule has 0 aliphatic rings. The summed E-state index contributed by atoms with van der Waals surface area (Å²) in [7, 11) is 0.557. The number of aryl methyl sites for hydroxylation is 1. The predicted molar refractivity (Wildman–Crippen MR) is 90.8 cm³/mol. The van der Waals surface area contributed by atoms with Gasteiger partial charge in [-0.3, -0.25) is 0 Å². The topological polar surface area (TPSA) is 9.23 Å². The molecule has 0 bridgehead atoms. The minimum Gasteiger partial charge on any atom is -0.374 e. The molecule has 1 aromatic carbocycles. The molecule has 0 spiro atoms. The smallest absolute Gasteiger partial charge is 0.374 e. The second kappa shape index (κ2) is 9.03. The van der Waals surface area contributed by atoms with Crippen molar-refractivity contribution in [2.75, 3.05) is 7.11 Å². The van der Waals surface area contributed by atoms with Crippen LogP contribution in [0.3, 0.4) is 0 Å². The van der Waals surface area contributed by atoms with Gasteiger partial charge in [0.2, 0.25) is 0 Å². The highest BCUT2D eigenvalue weighted by molar-refractivity contribution is 5.31. The van der Waals surface area contributed by atoms with Gasteiger partial charge in [-0.2, -0.15) is 74.6 Å². The van der Waals surface area contributed by atoms with Gasteiger partial charge in [0.15, 0.2) is 0 Å². The van der Waals surface area contributed by atoms with Crippen molar-refractivity contribution in [3.8, 4) is 0 Å². The third kappa shape index (κ3) is 4.60. The third-order valence-electron chi connectivity index (χ3n) is 5.51. The van der Waals surface area contributed by atoms with Gasteiger partial charge in [-0.1, -0.05) is 24.3 Å². The second-order valence-corrected chi connectivity index (χ2v) is 8.08. The maximum Gasteiger partial charge on any atom is 0.460 e. The zero-order valence-electron chi connectivity index (χ0n) is 18.4. The molecule has 0 amide bonds. The Morgan fingerprint density at radius 1 is 0.568 bits per heavy atom. The Labute approximate surface area is 196 Å². The van der Waals surface area contributed by atoms with Crippen molar-refractivity contribution < 1.29 is 79.4 Å². The summed E-state index contributed by atoms with van der Waals surface area (Å²) in [6.07, 6.45) is -10.5. The molecule has 0 heterocycles. The Kier molecular flexibility index (Phi) is 8.06. The first kappa shape index (κ1) is 33.0. The minimum atomic E-state index is -8.65. The largest absolute Gasteiger partial charge is 0.460 e. The van der Waals surface area contributed by atoms with Crippen molar-refractivity contribution in [2.24, 2.45) is 0 Å². The Hall–Kier alpha value is -2.01. The average molecular weight is 582 g/mol. The maximum absolute atomic E-state index is 14.4. The van der Waals surface area contributed by atoms with E-state index < -0.39 is 65.2 Å². The molecule has 1 nitrogen and oxygen atoms in total. The van der Waals surface area contributed by atoms with E-state index in [-0.39, 0.29) is 5.56 Å². The SMILES string of the molecule is COC(C)(CC(F)(F)C(F)(F)C(F)(F)C(F)(F)C(F)(F)C(F)(F)C(F)(F)C(F)(F)F)c1ccccc1C. The molecular weight excluding hydrogens is 567 g/mol. The number of ether oxygens (including phenoxy) is 1. The summed E-state index contributed by atoms with van der Waals surface area (Å²) >= 11 is 0. The van der Waals surface area contributed by atoms with Crippen LogP contribution in [0.25, 0.3) is 0 Å². The Balaban J connectivity index is 3.69. The van der Waals surface area contributed by atoms with Gasteiger partial charge in [-0.25, -0.2) is 0 Å². The summed E-state index contributed by atoms with van der Waals surface area (Å²) in [5, 5.41) is 0. The van der Waals surface area contributed by atoms with Crippen molar-refractivity contribution in [3.05, 3.63) is 35.4 Å². The summed E-state index contributed by atoms with van der Waals surface area (Å²) in [6, 6.07) is 4.46. The third-order valence-corrected chi connectivity index (χ3v) is 5.51. The fourth-order valence-corrected chi connectivity index (χ4v) is 3.17. The fourth-order valence-electron chi connectivity index (χ4n) is 3.17. The fraction of sp³-hybridized carbons (Fsp3) is 0.684. The van der Waals surface area contributed by atoms with E-state index in [9.17, 15) is 74.6 Å². The molecule has 0 aliphatic heterocycles. The number of hydrogen-bond acceptors (Lipinski definition) is 1. The monoisotopic (exact) mass is 582 g/mol. The molecule has 0 fully saturated rings. The first-order chi connectivity index (χ1) is 16.0. The lowest BCUT2D eigenvalue weighted by molar-refractivity contribution is -0.462. The van der Waals surface area contributed by atoms with Crippen LogP contribution in [-0.4, -0.2) is 54.7 Å². The van der Waals surface area contributed by atoms with Gasteiger partial charge in [-0.05, 0) is 25.0 Å². The highest BCUT2D eigenvalue weighted by Gasteiger charge is 2.95. The number of methoxy groups -OCH3 is 1. The normalized spacial score (nSPS) is 17.1. The van der Waals surface area contributed by atoms with Gasteiger partial charge in [0.1, 0.15) is 0 Å². The van der Waals surface area contributed by atoms with Gasteiger partial charge in [0.05, 0.1) is 12.0 Å². The molecule has 0 N–H and O–H groups in total. The van der Waals surface area contributed by atoms with Gasteiger partial charge in [0, 0.05) is 7.11 Å². The van der Waals surface area contributed by atoms with Crippen LogP contribution in [0.2, 0.25) is 0 Å². The van der Waals surface area contributed by atoms with E-state index in [1.165, 1.54) is 6.07 Å². The van der Waals surface area contributed by atoms with E-state index in [0.717, 1.165) is 25.1 Å². The molecule has 216 valence electrons. The molecule has 1 rings (SSSR count). The summed E-state index contributed by atoms with van der Waals surface area (Å²) in [5.74, 6) is -56.6. The van der Waals surface area contributed by atoms with Crippen LogP contribution in [0.15, 0.2) is 24.3 Å². The number of alkyl halides is 17. The van der Waals surface area contributed by atoms with Crippen LogP contribution in [0, 0.1) is 6.92 Å². The van der Waals surface area contributed by atoms with Crippen LogP contribution in [0.1, 0.15) is 24.5 Å². The lowest BCUT2D eigenvalue weighted by Gasteiger charge is -2.44. The summed E-state index contributed by atoms with van der Waals surface area (Å²) in [5.41, 5.74) is -3.23. The lowest BCUT2D eigenvalue weighted by Crippen LogP contribution is -2.74. The number of rotatable bonds is 10. The summed E-state index contributed by atoms with van der Waals surface area (Å²) < 4.78 is 233. The van der Waals surface area contributed by atoms with E-state index in [1.54, 1.807) is 0 Å². The van der Waals surface area contributed by atoms with Crippen molar-refractivity contribution >= 4 is 0 Å². The quantitative estimate of drug-likeness (QED) is 0.253. The van der Waals surface area contributed by atoms with E-state index in [4.69, 9.17) is 0 Å². The molecule has 37 heavy (non-hydrogen) atoms. The van der Waals surface area contributed by atoms with Gasteiger partial charge in [-0.15, -0.1) is 0 Å².